The molecule has 0 aliphatic rings. The molecule has 0 aliphatic heterocycles. The van der Waals surface area contributed by atoms with Gasteiger partial charge in [-0.2, -0.15) is 0 Å². The molecule has 0 saturated heterocycles. The molecule has 4 aromatic rings. The van der Waals surface area contributed by atoms with Crippen molar-refractivity contribution in [2.75, 3.05) is 33.6 Å². The number of hydrogen-bond acceptors (Lipinski definition) is 11. The normalized spacial score (nSPS) is 11.3. The van der Waals surface area contributed by atoms with Crippen LogP contribution in [0.15, 0.2) is 24.3 Å². The van der Waals surface area contributed by atoms with Gasteiger partial charge in [0.15, 0.2) is 43.4 Å². The Labute approximate surface area is 271 Å². The van der Waals surface area contributed by atoms with Crippen LogP contribution in [0.25, 0.3) is 20.2 Å². The van der Waals surface area contributed by atoms with Gasteiger partial charge in [0.05, 0.1) is 48.8 Å². The van der Waals surface area contributed by atoms with Gasteiger partial charge in [0.2, 0.25) is 0 Å². The first-order valence-electron chi connectivity index (χ1n) is 14.1. The fourth-order valence-electron chi connectivity index (χ4n) is 4.24. The highest BCUT2D eigenvalue weighted by molar-refractivity contribution is 7.46. The average molecular weight is 679 g/mol. The van der Waals surface area contributed by atoms with Gasteiger partial charge in [0, 0.05) is 49.9 Å². The molecule has 0 saturated carbocycles. The molecule has 0 radical (unpaired) electrons. The first-order chi connectivity index (χ1) is 21.3. The van der Waals surface area contributed by atoms with E-state index < -0.39 is 19.8 Å². The minimum absolute atomic E-state index is 0.288. The number of aldehydes is 1. The van der Waals surface area contributed by atoms with Crippen LogP contribution in [0.4, 0.5) is 0 Å². The molecule has 2 aromatic carbocycles. The smallest absolute Gasteiger partial charge is 0.309 e. The number of Topliss-reactive ketones (excluding diaryl/α,β-unsaturated/α-hetero) is 1. The third kappa shape index (κ3) is 8.71. The van der Waals surface area contributed by atoms with Crippen molar-refractivity contribution in [3.63, 3.8) is 0 Å². The molecule has 10 nitrogen and oxygen atoms in total. The van der Waals surface area contributed by atoms with E-state index in [-0.39, 0.29) is 11.9 Å². The fourth-order valence-corrected chi connectivity index (χ4v) is 6.82. The first-order valence-corrected chi connectivity index (χ1v) is 17.2. The Morgan fingerprint density at radius 3 is 1.82 bits per heavy atom. The van der Waals surface area contributed by atoms with Gasteiger partial charge in [-0.15, -0.1) is 22.7 Å². The van der Waals surface area contributed by atoms with Crippen molar-refractivity contribution in [1.29, 1.82) is 0 Å². The van der Waals surface area contributed by atoms with Crippen molar-refractivity contribution in [3.05, 3.63) is 45.1 Å². The van der Waals surface area contributed by atoms with E-state index in [1.807, 2.05) is 39.0 Å². The summed E-state index contributed by atoms with van der Waals surface area (Å²) in [6.07, 6.45) is 1.83. The van der Waals surface area contributed by atoms with Gasteiger partial charge in [-0.1, -0.05) is 6.92 Å². The minimum atomic E-state index is -2.28. The molecule has 0 bridgehead atoms. The third-order valence-corrected chi connectivity index (χ3v) is 10.1. The van der Waals surface area contributed by atoms with E-state index in [1.165, 1.54) is 22.7 Å². The number of ketones is 1. The van der Waals surface area contributed by atoms with E-state index in [9.17, 15) is 24.2 Å². The number of hydrogen-bond donors (Lipinski definition) is 3. The van der Waals surface area contributed by atoms with Crippen LogP contribution in [0, 0.1) is 19.3 Å². The summed E-state index contributed by atoms with van der Waals surface area (Å²) in [6.45, 7) is 9.91. The lowest BCUT2D eigenvalue weighted by Crippen LogP contribution is -2.21. The zero-order valence-corrected chi connectivity index (χ0v) is 28.9. The van der Waals surface area contributed by atoms with Crippen LogP contribution >= 0.6 is 31.0 Å². The number of carboxylic acids is 1. The number of rotatable bonds is 14. The second-order valence-corrected chi connectivity index (χ2v) is 14.1. The lowest BCUT2D eigenvalue weighted by atomic mass is 9.91. The van der Waals surface area contributed by atoms with Crippen molar-refractivity contribution in [3.8, 4) is 23.0 Å². The van der Waals surface area contributed by atoms with E-state index in [4.69, 9.17) is 24.1 Å². The van der Waals surface area contributed by atoms with Gasteiger partial charge in [-0.3, -0.25) is 14.4 Å². The van der Waals surface area contributed by atoms with Gasteiger partial charge in [0.1, 0.15) is 0 Å². The molecule has 2 aromatic heterocycles. The van der Waals surface area contributed by atoms with E-state index in [1.54, 1.807) is 34.1 Å². The average Bonchev–Trinajstić information content (AvgIpc) is 3.63. The molecule has 0 aliphatic carbocycles. The van der Waals surface area contributed by atoms with Crippen LogP contribution in [-0.4, -0.2) is 66.5 Å². The molecule has 0 fully saturated rings. The first kappa shape index (κ1) is 36.2. The maximum atomic E-state index is 12.3. The predicted octanol–water partition coefficient (Wildman–Crippen LogP) is 7.40. The van der Waals surface area contributed by atoms with Gasteiger partial charge in [0.25, 0.3) is 0 Å². The number of benzene rings is 2. The summed E-state index contributed by atoms with van der Waals surface area (Å²) < 4.78 is 25.1. The summed E-state index contributed by atoms with van der Waals surface area (Å²) >= 11 is 2.71. The number of aliphatic carboxylic acids is 1. The molecule has 3 N–H and O–H groups in total. The molecule has 13 heteroatoms. The number of methoxy groups -OCH3 is 2. The maximum absolute atomic E-state index is 12.3. The molecule has 4 rings (SSSR count). The Balaban J connectivity index is 0.000000610. The van der Waals surface area contributed by atoms with Crippen molar-refractivity contribution < 1.29 is 48.2 Å². The van der Waals surface area contributed by atoms with Gasteiger partial charge < -0.3 is 33.8 Å². The molecular weight excluding hydrogens is 639 g/mol. The Hall–Kier alpha value is -3.28. The summed E-state index contributed by atoms with van der Waals surface area (Å²) in [5, 5.41) is 10.3. The number of carbonyl (C=O) groups excluding carboxylic acids is 2. The zero-order chi connectivity index (χ0) is 33.5. The van der Waals surface area contributed by atoms with Crippen molar-refractivity contribution in [1.82, 2.24) is 0 Å². The van der Waals surface area contributed by atoms with Crippen molar-refractivity contribution in [2.24, 2.45) is 5.41 Å². The topological polar surface area (TPSA) is 149 Å². The Kier molecular flexibility index (Phi) is 12.7. The van der Waals surface area contributed by atoms with Gasteiger partial charge >= 0.3 is 5.97 Å². The Morgan fingerprint density at radius 1 is 0.889 bits per heavy atom. The summed E-state index contributed by atoms with van der Waals surface area (Å²) in [7, 11) is 0.867. The van der Waals surface area contributed by atoms with Crippen LogP contribution in [0.2, 0.25) is 0 Å². The van der Waals surface area contributed by atoms with Crippen LogP contribution in [-0.2, 0) is 4.79 Å². The van der Waals surface area contributed by atoms with Crippen molar-refractivity contribution >= 4 is 69.3 Å². The number of thiophene rings is 2. The monoisotopic (exact) mass is 678 g/mol. The highest BCUT2D eigenvalue weighted by atomic mass is 32.1. The van der Waals surface area contributed by atoms with Crippen LogP contribution in [0.1, 0.15) is 64.1 Å². The number of ether oxygens (including phenoxy) is 4. The van der Waals surface area contributed by atoms with Crippen LogP contribution in [0.5, 0.6) is 23.0 Å². The summed E-state index contributed by atoms with van der Waals surface area (Å²) in [6, 6.07) is 7.34. The molecule has 0 unspecified atom stereocenters. The molecule has 0 spiro atoms. The second kappa shape index (κ2) is 15.8. The van der Waals surface area contributed by atoms with Crippen LogP contribution in [0.3, 0.4) is 0 Å². The molecule has 0 amide bonds. The summed E-state index contributed by atoms with van der Waals surface area (Å²) in [5.41, 5.74) is 1.22. The largest absolute Gasteiger partial charge is 0.493 e. The van der Waals surface area contributed by atoms with E-state index in [2.05, 4.69) is 0 Å². The third-order valence-electron chi connectivity index (χ3n) is 7.36. The molecular formula is C32H39O10PS2. The number of fused-ring (bicyclic) bond motifs is 2. The quantitative estimate of drug-likeness (QED) is 0.0533. The highest BCUT2D eigenvalue weighted by Gasteiger charge is 2.24. The standard InChI is InChI=1S/C26H27O8PS2.C6H12O2/c1-14-17-8-16(12-27)36-22(17)10-20(31-3)25(14)33-6-5-7-34-26-15(2)18-9-24(19(28)13-35(29)30)37-23(18)11-21(26)32-4;1-4-6(2,3)5(7)8/h8-12,29-30H,5-7,13H2,1-4H3;4H2,1-3H3,(H,7,8). The number of aryl methyl sites for hydroxylation is 2. The SMILES string of the molecule is CCC(C)(C)C(=O)O.COc1cc2sc(C=O)cc2c(C)c1OCCCOc1c(OC)cc2sc(C(=O)CP(O)O)cc2c1C. The van der Waals surface area contributed by atoms with Gasteiger partial charge in [-0.05, 0) is 46.2 Å². The van der Waals surface area contributed by atoms with E-state index in [0.29, 0.717) is 58.8 Å². The predicted molar refractivity (Wildman–Crippen MR) is 179 cm³/mol. The molecule has 45 heavy (non-hydrogen) atoms. The Morgan fingerprint density at radius 2 is 1.40 bits per heavy atom. The lowest BCUT2D eigenvalue weighted by molar-refractivity contribution is -0.147. The number of carbonyl (C=O) groups is 3. The van der Waals surface area contributed by atoms with Crippen molar-refractivity contribution in [2.45, 2.75) is 47.5 Å². The second-order valence-electron chi connectivity index (χ2n) is 10.8. The zero-order valence-electron chi connectivity index (χ0n) is 26.4. The van der Waals surface area contributed by atoms with E-state index in [0.717, 1.165) is 37.6 Å². The highest BCUT2D eigenvalue weighted by Crippen LogP contribution is 2.42. The van der Waals surface area contributed by atoms with E-state index >= 15 is 0 Å². The molecule has 244 valence electrons. The Bertz CT molecular complexity index is 1670. The lowest BCUT2D eigenvalue weighted by Gasteiger charge is -2.16. The molecule has 0 atom stereocenters. The summed E-state index contributed by atoms with van der Waals surface area (Å²) in [4.78, 5) is 53.2. The maximum Gasteiger partial charge on any atom is 0.309 e. The number of carboxylic acid groups (broad SMARTS) is 1. The van der Waals surface area contributed by atoms with Gasteiger partial charge in [-0.25, -0.2) is 0 Å². The summed E-state index contributed by atoms with van der Waals surface area (Å²) in [5.74, 6) is 1.39. The minimum Gasteiger partial charge on any atom is -0.493 e. The fraction of sp³-hybridized carbons (Fsp3) is 0.406. The molecule has 2 heterocycles. The van der Waals surface area contributed by atoms with Crippen LogP contribution < -0.4 is 18.9 Å².